The van der Waals surface area contributed by atoms with Gasteiger partial charge in [-0.15, -0.1) is 0 Å². The molecule has 1 unspecified atom stereocenters. The molecule has 0 aliphatic carbocycles. The van der Waals surface area contributed by atoms with Gasteiger partial charge < -0.3 is 14.2 Å². The molecule has 0 N–H and O–H groups in total. The summed E-state index contributed by atoms with van der Waals surface area (Å²) >= 11 is 0. The number of carbonyl (C=O) groups is 3. The summed E-state index contributed by atoms with van der Waals surface area (Å²) in [5, 5.41) is 0. The number of unbranched alkanes of at least 4 members (excludes halogenated alkanes) is 36. The van der Waals surface area contributed by atoms with Crippen LogP contribution in [0.5, 0.6) is 0 Å². The molecule has 6 heteroatoms. The standard InChI is InChI=1S/C69H122O6/c1-4-7-10-13-16-18-20-22-24-26-28-30-31-32-33-34-35-36-37-39-40-42-44-46-48-50-53-56-59-62-68(71)74-65-66(64-73-67(70)61-58-55-52-15-12-9-6-3)75-69(72)63-60-57-54-51-49-47-45-43-41-38-29-27-25-23-21-19-17-14-11-8-5-2/h8,11,17,19,23,25,29,38,43,45,49,51,66H,4-7,9-10,12-16,18,20-22,24,26-28,30-37,39-42,44,46-48,50,52-65H2,1-3H3/b11-8-,19-17-,25-23-,38-29-,45-43-,51-49-. The largest absolute Gasteiger partial charge is 0.462 e. The van der Waals surface area contributed by atoms with Gasteiger partial charge in [0.2, 0.25) is 0 Å². The number of rotatable bonds is 59. The second kappa shape index (κ2) is 63.4. The van der Waals surface area contributed by atoms with Crippen LogP contribution in [0, 0.1) is 0 Å². The molecule has 0 amide bonds. The lowest BCUT2D eigenvalue weighted by Gasteiger charge is -2.18. The molecule has 6 nitrogen and oxygen atoms in total. The molecule has 0 aromatic heterocycles. The average molecular weight is 1050 g/mol. The van der Waals surface area contributed by atoms with E-state index in [9.17, 15) is 14.4 Å². The van der Waals surface area contributed by atoms with E-state index in [2.05, 4.69) is 93.7 Å². The van der Waals surface area contributed by atoms with E-state index >= 15 is 0 Å². The SMILES string of the molecule is CC/C=C\C/C=C\C/C=C\C/C=C\C/C=C\C/C=C\CCCCC(=O)OC(COC(=O)CCCCCCCCC)COC(=O)CCCCCCCCCCCCCCCCCCCCCCCCCCCCCCC. The first-order chi connectivity index (χ1) is 37.0. The zero-order valence-corrected chi connectivity index (χ0v) is 49.8. The van der Waals surface area contributed by atoms with Gasteiger partial charge in [-0.25, -0.2) is 0 Å². The smallest absolute Gasteiger partial charge is 0.306 e. The van der Waals surface area contributed by atoms with Gasteiger partial charge in [0.15, 0.2) is 6.10 Å². The summed E-state index contributed by atoms with van der Waals surface area (Å²) in [6.07, 6.45) is 82.4. The van der Waals surface area contributed by atoms with Crippen molar-refractivity contribution in [1.29, 1.82) is 0 Å². The molecule has 1 atom stereocenters. The summed E-state index contributed by atoms with van der Waals surface area (Å²) in [5.41, 5.74) is 0. The van der Waals surface area contributed by atoms with Crippen molar-refractivity contribution in [2.75, 3.05) is 13.2 Å². The van der Waals surface area contributed by atoms with Crippen LogP contribution in [0.2, 0.25) is 0 Å². The van der Waals surface area contributed by atoms with Crippen molar-refractivity contribution in [3.8, 4) is 0 Å². The van der Waals surface area contributed by atoms with Gasteiger partial charge in [0.1, 0.15) is 13.2 Å². The van der Waals surface area contributed by atoms with Crippen LogP contribution in [0.15, 0.2) is 72.9 Å². The number of esters is 3. The number of hydrogen-bond donors (Lipinski definition) is 0. The zero-order chi connectivity index (χ0) is 54.3. The molecule has 0 saturated carbocycles. The summed E-state index contributed by atoms with van der Waals surface area (Å²) in [5.74, 6) is -0.928. The Balaban J connectivity index is 4.11. The van der Waals surface area contributed by atoms with E-state index in [1.807, 2.05) is 0 Å². The van der Waals surface area contributed by atoms with E-state index in [1.54, 1.807) is 0 Å². The zero-order valence-electron chi connectivity index (χ0n) is 49.8. The molecule has 0 saturated heterocycles. The van der Waals surface area contributed by atoms with E-state index in [4.69, 9.17) is 14.2 Å². The van der Waals surface area contributed by atoms with E-state index in [0.29, 0.717) is 19.3 Å². The Morgan fingerprint density at radius 1 is 0.280 bits per heavy atom. The molecular weight excluding hydrogens is 925 g/mol. The van der Waals surface area contributed by atoms with Crippen molar-refractivity contribution in [3.05, 3.63) is 72.9 Å². The molecule has 0 spiro atoms. The molecule has 434 valence electrons. The van der Waals surface area contributed by atoms with Crippen molar-refractivity contribution in [2.24, 2.45) is 0 Å². The van der Waals surface area contributed by atoms with Gasteiger partial charge in [-0.05, 0) is 70.6 Å². The van der Waals surface area contributed by atoms with Crippen molar-refractivity contribution in [3.63, 3.8) is 0 Å². The summed E-state index contributed by atoms with van der Waals surface area (Å²) in [6.45, 7) is 6.48. The third kappa shape index (κ3) is 61.6. The molecule has 0 heterocycles. The monoisotopic (exact) mass is 1050 g/mol. The van der Waals surface area contributed by atoms with Crippen molar-refractivity contribution < 1.29 is 28.6 Å². The Hall–Kier alpha value is -3.15. The van der Waals surface area contributed by atoms with Crippen LogP contribution in [0.1, 0.15) is 329 Å². The second-order valence-corrected chi connectivity index (χ2v) is 21.7. The Morgan fingerprint density at radius 3 is 0.813 bits per heavy atom. The number of allylic oxidation sites excluding steroid dienone is 12. The van der Waals surface area contributed by atoms with Crippen LogP contribution in [0.3, 0.4) is 0 Å². The maximum Gasteiger partial charge on any atom is 0.306 e. The highest BCUT2D eigenvalue weighted by molar-refractivity contribution is 5.71. The van der Waals surface area contributed by atoms with Gasteiger partial charge >= 0.3 is 17.9 Å². The molecule has 75 heavy (non-hydrogen) atoms. The maximum atomic E-state index is 12.8. The molecule has 0 bridgehead atoms. The summed E-state index contributed by atoms with van der Waals surface area (Å²) in [6, 6.07) is 0. The second-order valence-electron chi connectivity index (χ2n) is 21.7. The van der Waals surface area contributed by atoms with Gasteiger partial charge in [-0.3, -0.25) is 14.4 Å². The fourth-order valence-corrected chi connectivity index (χ4v) is 9.39. The van der Waals surface area contributed by atoms with Gasteiger partial charge in [-0.1, -0.05) is 312 Å². The van der Waals surface area contributed by atoms with Crippen molar-refractivity contribution in [1.82, 2.24) is 0 Å². The highest BCUT2D eigenvalue weighted by Gasteiger charge is 2.19. The minimum Gasteiger partial charge on any atom is -0.462 e. The summed E-state index contributed by atoms with van der Waals surface area (Å²) < 4.78 is 16.8. The highest BCUT2D eigenvalue weighted by atomic mass is 16.6. The molecular formula is C69H122O6. The number of carbonyl (C=O) groups excluding carboxylic acids is 3. The fraction of sp³-hybridized carbons (Fsp3) is 0.783. The van der Waals surface area contributed by atoms with Crippen LogP contribution in [-0.2, 0) is 28.6 Å². The van der Waals surface area contributed by atoms with E-state index in [1.165, 1.54) is 193 Å². The molecule has 0 radical (unpaired) electrons. The van der Waals surface area contributed by atoms with Gasteiger partial charge in [0.05, 0.1) is 0 Å². The fourth-order valence-electron chi connectivity index (χ4n) is 9.39. The predicted octanol–water partition coefficient (Wildman–Crippen LogP) is 22.1. The maximum absolute atomic E-state index is 12.8. The average Bonchev–Trinajstić information content (AvgIpc) is 3.41. The minimum atomic E-state index is -0.795. The van der Waals surface area contributed by atoms with Crippen molar-refractivity contribution >= 4 is 17.9 Å². The lowest BCUT2D eigenvalue weighted by Crippen LogP contribution is -2.30. The third-order valence-electron chi connectivity index (χ3n) is 14.2. The predicted molar refractivity (Wildman–Crippen MR) is 325 cm³/mol. The van der Waals surface area contributed by atoms with E-state index < -0.39 is 6.10 Å². The summed E-state index contributed by atoms with van der Waals surface area (Å²) in [7, 11) is 0. The molecule has 0 aliphatic rings. The van der Waals surface area contributed by atoms with E-state index in [0.717, 1.165) is 89.9 Å². The molecule has 0 aliphatic heterocycles. The molecule has 0 rings (SSSR count). The first kappa shape index (κ1) is 71.8. The van der Waals surface area contributed by atoms with Crippen LogP contribution < -0.4 is 0 Å². The normalized spacial score (nSPS) is 12.5. The minimum absolute atomic E-state index is 0.0899. The van der Waals surface area contributed by atoms with Gasteiger partial charge in [0.25, 0.3) is 0 Å². The number of hydrogen-bond acceptors (Lipinski definition) is 6. The molecule has 0 aromatic rings. The topological polar surface area (TPSA) is 78.9 Å². The third-order valence-corrected chi connectivity index (χ3v) is 14.2. The Bertz CT molecular complexity index is 1390. The van der Waals surface area contributed by atoms with Crippen LogP contribution in [0.4, 0.5) is 0 Å². The van der Waals surface area contributed by atoms with Crippen LogP contribution in [0.25, 0.3) is 0 Å². The quantitative estimate of drug-likeness (QED) is 0.0261. The Labute approximate surface area is 465 Å². The first-order valence-electron chi connectivity index (χ1n) is 32.4. The lowest BCUT2D eigenvalue weighted by molar-refractivity contribution is -0.167. The Morgan fingerprint density at radius 2 is 0.520 bits per heavy atom. The Kier molecular flexibility index (Phi) is 60.7. The van der Waals surface area contributed by atoms with Gasteiger partial charge in [-0.2, -0.15) is 0 Å². The van der Waals surface area contributed by atoms with E-state index in [-0.39, 0.29) is 37.5 Å². The lowest BCUT2D eigenvalue weighted by atomic mass is 10.0. The molecule has 0 aromatic carbocycles. The molecule has 0 fully saturated rings. The number of ether oxygens (including phenoxy) is 3. The highest BCUT2D eigenvalue weighted by Crippen LogP contribution is 2.18. The van der Waals surface area contributed by atoms with Gasteiger partial charge in [0, 0.05) is 19.3 Å². The van der Waals surface area contributed by atoms with Crippen molar-refractivity contribution in [2.45, 2.75) is 335 Å². The van der Waals surface area contributed by atoms with Crippen LogP contribution in [-0.4, -0.2) is 37.2 Å². The van der Waals surface area contributed by atoms with Crippen LogP contribution >= 0.6 is 0 Å². The first-order valence-corrected chi connectivity index (χ1v) is 32.4. The summed E-state index contributed by atoms with van der Waals surface area (Å²) in [4.78, 5) is 38.0.